The highest BCUT2D eigenvalue weighted by Crippen LogP contribution is 2.04. The van der Waals surface area contributed by atoms with Gasteiger partial charge < -0.3 is 9.69 Å². The van der Waals surface area contributed by atoms with Crippen molar-refractivity contribution in [3.05, 3.63) is 0 Å². The zero-order chi connectivity index (χ0) is 8.15. The Morgan fingerprint density at radius 3 is 2.20 bits per heavy atom. The molecule has 0 aliphatic rings. The van der Waals surface area contributed by atoms with Crippen molar-refractivity contribution < 1.29 is 4.79 Å². The second-order valence-corrected chi connectivity index (χ2v) is 2.94. The largest absolute Gasteiger partial charge is 0.305 e. The minimum atomic E-state index is 0.0880. The molecule has 0 N–H and O–H groups in total. The summed E-state index contributed by atoms with van der Waals surface area (Å²) in [6.45, 7) is 4.12. The van der Waals surface area contributed by atoms with Gasteiger partial charge in [0.25, 0.3) is 0 Å². The van der Waals surface area contributed by atoms with Gasteiger partial charge in [-0.1, -0.05) is 13.8 Å². The van der Waals surface area contributed by atoms with Gasteiger partial charge in [0.1, 0.15) is 14.1 Å². The van der Waals surface area contributed by atoms with Crippen LogP contribution in [-0.4, -0.2) is 38.6 Å². The summed E-state index contributed by atoms with van der Waals surface area (Å²) in [5.74, 6) is 0.419. The van der Waals surface area contributed by atoms with Gasteiger partial charge in [-0.15, -0.1) is 0 Å². The zero-order valence-electron chi connectivity index (χ0n) is 7.29. The molecule has 0 aromatic heterocycles. The molecule has 0 radical (unpaired) electrons. The highest BCUT2D eigenvalue weighted by Gasteiger charge is 2.15. The Balaban J connectivity index is 3.92. The lowest BCUT2D eigenvalue weighted by Crippen LogP contribution is -2.37. The van der Waals surface area contributed by atoms with E-state index in [0.717, 1.165) is 12.7 Å². The first-order valence-corrected chi connectivity index (χ1v) is 3.79. The van der Waals surface area contributed by atoms with Crippen molar-refractivity contribution in [3.63, 3.8) is 0 Å². The monoisotopic (exact) mass is 141 g/mol. The van der Waals surface area contributed by atoms with Gasteiger partial charge in [-0.2, -0.15) is 0 Å². The number of carbonyl (C=O) groups is 1. The van der Waals surface area contributed by atoms with E-state index in [0.29, 0.717) is 5.92 Å². The standard InChI is InChI=1S/C7H16BNO/c1-6(2)7(4-10)9(3)5-8/h4,6-7H,5,8H2,1-3H3. The van der Waals surface area contributed by atoms with Crippen molar-refractivity contribution in [2.45, 2.75) is 19.9 Å². The van der Waals surface area contributed by atoms with Crippen LogP contribution in [0, 0.1) is 5.92 Å². The number of hydrogen-bond donors (Lipinski definition) is 0. The summed E-state index contributed by atoms with van der Waals surface area (Å²) in [6.07, 6.45) is 1.95. The van der Waals surface area contributed by atoms with Crippen molar-refractivity contribution in [2.75, 3.05) is 13.5 Å². The number of carbonyl (C=O) groups excluding carboxylic acids is 1. The average molecular weight is 141 g/mol. The highest BCUT2D eigenvalue weighted by molar-refractivity contribution is 6.08. The molecule has 0 aliphatic heterocycles. The van der Waals surface area contributed by atoms with E-state index in [1.807, 2.05) is 7.05 Å². The Kier molecular flexibility index (Phi) is 4.36. The molecule has 0 saturated carbocycles. The Morgan fingerprint density at radius 1 is 1.60 bits per heavy atom. The van der Waals surface area contributed by atoms with Crippen molar-refractivity contribution >= 4 is 14.1 Å². The third kappa shape index (κ3) is 2.52. The number of nitrogens with zero attached hydrogens (tertiary/aromatic N) is 1. The second kappa shape index (κ2) is 4.50. The molecule has 0 fully saturated rings. The number of rotatable bonds is 4. The van der Waals surface area contributed by atoms with Gasteiger partial charge in [0, 0.05) is 0 Å². The fourth-order valence-electron chi connectivity index (χ4n) is 0.981. The zero-order valence-corrected chi connectivity index (χ0v) is 7.29. The van der Waals surface area contributed by atoms with Crippen molar-refractivity contribution in [2.24, 2.45) is 5.92 Å². The van der Waals surface area contributed by atoms with E-state index in [1.165, 1.54) is 0 Å². The van der Waals surface area contributed by atoms with E-state index in [9.17, 15) is 4.79 Å². The molecule has 0 amide bonds. The summed E-state index contributed by atoms with van der Waals surface area (Å²) < 4.78 is 0. The van der Waals surface area contributed by atoms with Gasteiger partial charge >= 0.3 is 0 Å². The van der Waals surface area contributed by atoms with E-state index in [-0.39, 0.29) is 6.04 Å². The fraction of sp³-hybridized carbons (Fsp3) is 0.857. The molecule has 2 nitrogen and oxygen atoms in total. The lowest BCUT2D eigenvalue weighted by molar-refractivity contribution is -0.112. The van der Waals surface area contributed by atoms with Gasteiger partial charge in [0.2, 0.25) is 0 Å². The fourth-order valence-corrected chi connectivity index (χ4v) is 0.981. The molecule has 1 atom stereocenters. The molecule has 0 aliphatic carbocycles. The topological polar surface area (TPSA) is 20.3 Å². The van der Waals surface area contributed by atoms with E-state index in [2.05, 4.69) is 26.6 Å². The smallest absolute Gasteiger partial charge is 0.137 e. The minimum absolute atomic E-state index is 0.0880. The molecule has 0 bridgehead atoms. The maximum Gasteiger partial charge on any atom is 0.137 e. The summed E-state index contributed by atoms with van der Waals surface area (Å²) in [5.41, 5.74) is 0. The van der Waals surface area contributed by atoms with E-state index in [4.69, 9.17) is 0 Å². The maximum atomic E-state index is 10.5. The van der Waals surface area contributed by atoms with E-state index >= 15 is 0 Å². The van der Waals surface area contributed by atoms with Crippen LogP contribution in [0.2, 0.25) is 0 Å². The van der Waals surface area contributed by atoms with Crippen LogP contribution >= 0.6 is 0 Å². The first kappa shape index (κ1) is 9.69. The molecule has 58 valence electrons. The normalized spacial score (nSPS) is 14.1. The Hall–Kier alpha value is -0.305. The van der Waals surface area contributed by atoms with Crippen LogP contribution < -0.4 is 0 Å². The van der Waals surface area contributed by atoms with Crippen molar-refractivity contribution in [1.82, 2.24) is 4.90 Å². The Labute approximate surface area is 64.0 Å². The second-order valence-electron chi connectivity index (χ2n) is 2.94. The first-order chi connectivity index (χ1) is 4.63. The van der Waals surface area contributed by atoms with Crippen LogP contribution in [-0.2, 0) is 4.79 Å². The molecule has 0 saturated heterocycles. The van der Waals surface area contributed by atoms with Gasteiger partial charge in [0.15, 0.2) is 0 Å². The molecule has 0 heterocycles. The van der Waals surface area contributed by atoms with Crippen LogP contribution in [0.1, 0.15) is 13.8 Å². The summed E-state index contributed by atoms with van der Waals surface area (Å²) >= 11 is 0. The van der Waals surface area contributed by atoms with Crippen LogP contribution in [0.25, 0.3) is 0 Å². The van der Waals surface area contributed by atoms with E-state index < -0.39 is 0 Å². The van der Waals surface area contributed by atoms with Crippen LogP contribution in [0.4, 0.5) is 0 Å². The third-order valence-electron chi connectivity index (χ3n) is 1.83. The minimum Gasteiger partial charge on any atom is -0.305 e. The van der Waals surface area contributed by atoms with Gasteiger partial charge in [-0.25, -0.2) is 0 Å². The summed E-state index contributed by atoms with van der Waals surface area (Å²) in [6, 6.07) is 0.0880. The predicted octanol–water partition coefficient (Wildman–Crippen LogP) is -0.268. The molecule has 3 heteroatoms. The highest BCUT2D eigenvalue weighted by atomic mass is 16.1. The summed E-state index contributed by atoms with van der Waals surface area (Å²) in [4.78, 5) is 12.6. The van der Waals surface area contributed by atoms with E-state index in [1.54, 1.807) is 0 Å². The van der Waals surface area contributed by atoms with Gasteiger partial charge in [0.05, 0.1) is 6.04 Å². The molecule has 0 aromatic carbocycles. The van der Waals surface area contributed by atoms with Gasteiger partial charge in [-0.05, 0) is 19.4 Å². The molecule has 10 heavy (non-hydrogen) atoms. The number of aldehydes is 1. The van der Waals surface area contributed by atoms with Gasteiger partial charge in [-0.3, -0.25) is 0 Å². The molecule has 0 rings (SSSR count). The summed E-state index contributed by atoms with van der Waals surface area (Å²) in [5, 5.41) is 0. The quantitative estimate of drug-likeness (QED) is 0.396. The maximum absolute atomic E-state index is 10.5. The predicted molar refractivity (Wildman–Crippen MR) is 45.9 cm³/mol. The lowest BCUT2D eigenvalue weighted by Gasteiger charge is -2.24. The first-order valence-electron chi connectivity index (χ1n) is 3.79. The van der Waals surface area contributed by atoms with Crippen LogP contribution in [0.3, 0.4) is 0 Å². The van der Waals surface area contributed by atoms with Crippen LogP contribution in [0.5, 0.6) is 0 Å². The Bertz CT molecular complexity index is 106. The van der Waals surface area contributed by atoms with Crippen molar-refractivity contribution in [3.8, 4) is 0 Å². The molecule has 0 aromatic rings. The number of likely N-dealkylation sites (N-methyl/N-ethyl adjacent to an activating group) is 1. The molecular weight excluding hydrogens is 125 g/mol. The molecule has 1 unspecified atom stereocenters. The Morgan fingerprint density at radius 2 is 2.10 bits per heavy atom. The van der Waals surface area contributed by atoms with Crippen molar-refractivity contribution in [1.29, 1.82) is 0 Å². The third-order valence-corrected chi connectivity index (χ3v) is 1.83. The average Bonchev–Trinajstić information content (AvgIpc) is 1.88. The summed E-state index contributed by atoms with van der Waals surface area (Å²) in [7, 11) is 4.03. The molecular formula is C7H16BNO. The number of hydrogen-bond acceptors (Lipinski definition) is 2. The van der Waals surface area contributed by atoms with Crippen LogP contribution in [0.15, 0.2) is 0 Å². The lowest BCUT2D eigenvalue weighted by atomic mass is 10.0. The molecule has 0 spiro atoms. The SMILES string of the molecule is BCN(C)C(C=O)C(C)C.